The monoisotopic (exact) mass is 324 g/mol. The van der Waals surface area contributed by atoms with Crippen molar-refractivity contribution < 1.29 is 23.8 Å². The summed E-state index contributed by atoms with van der Waals surface area (Å²) in [5.74, 6) is 0.527. The highest BCUT2D eigenvalue weighted by Gasteiger charge is 2.26. The number of urea groups is 1. The van der Waals surface area contributed by atoms with Crippen LogP contribution in [0.15, 0.2) is 18.2 Å². The second-order valence-electron chi connectivity index (χ2n) is 5.05. The lowest BCUT2D eigenvalue weighted by Crippen LogP contribution is -2.47. The molecule has 128 valence electrons. The van der Waals surface area contributed by atoms with Gasteiger partial charge in [-0.15, -0.1) is 0 Å². The van der Waals surface area contributed by atoms with E-state index in [4.69, 9.17) is 14.2 Å². The second kappa shape index (κ2) is 8.87. The average molecular weight is 324 g/mol. The summed E-state index contributed by atoms with van der Waals surface area (Å²) < 4.78 is 15.1. The molecular formula is C16H24N2O5. The van der Waals surface area contributed by atoms with Crippen LogP contribution in [0.3, 0.4) is 0 Å². The summed E-state index contributed by atoms with van der Waals surface area (Å²) in [5, 5.41) is 5.30. The van der Waals surface area contributed by atoms with Crippen molar-refractivity contribution in [2.45, 2.75) is 26.3 Å². The molecule has 0 aromatic heterocycles. The van der Waals surface area contributed by atoms with Gasteiger partial charge < -0.3 is 24.8 Å². The second-order valence-corrected chi connectivity index (χ2v) is 5.05. The summed E-state index contributed by atoms with van der Waals surface area (Å²) in [6.07, 6.45) is 0.725. The van der Waals surface area contributed by atoms with E-state index in [1.165, 1.54) is 21.3 Å². The topological polar surface area (TPSA) is 85.9 Å². The average Bonchev–Trinajstić information content (AvgIpc) is 2.58. The molecule has 0 saturated heterocycles. The lowest BCUT2D eigenvalue weighted by molar-refractivity contribution is -0.144. The fourth-order valence-electron chi connectivity index (χ4n) is 2.01. The molecule has 23 heavy (non-hydrogen) atoms. The molecule has 1 rings (SSSR count). The number of methoxy groups -OCH3 is 3. The van der Waals surface area contributed by atoms with Crippen LogP contribution in [0.2, 0.25) is 0 Å². The maximum Gasteiger partial charge on any atom is 0.328 e. The van der Waals surface area contributed by atoms with Crippen LogP contribution in [0, 0.1) is 5.92 Å². The molecule has 0 aliphatic carbocycles. The van der Waals surface area contributed by atoms with Gasteiger partial charge in [-0.05, 0) is 18.1 Å². The zero-order valence-electron chi connectivity index (χ0n) is 14.1. The Morgan fingerprint density at radius 2 is 1.87 bits per heavy atom. The number of carbonyl (C=O) groups excluding carboxylic acids is 2. The van der Waals surface area contributed by atoms with Crippen molar-refractivity contribution in [3.8, 4) is 11.5 Å². The first kappa shape index (κ1) is 18.6. The van der Waals surface area contributed by atoms with Gasteiger partial charge in [0.25, 0.3) is 0 Å². The normalized spacial score (nSPS) is 12.7. The highest BCUT2D eigenvalue weighted by Crippen LogP contribution is 2.28. The third kappa shape index (κ3) is 5.05. The van der Waals surface area contributed by atoms with Gasteiger partial charge in [-0.3, -0.25) is 0 Å². The largest absolute Gasteiger partial charge is 0.497 e. The van der Waals surface area contributed by atoms with Crippen LogP contribution >= 0.6 is 0 Å². The van der Waals surface area contributed by atoms with E-state index in [0.29, 0.717) is 17.2 Å². The smallest absolute Gasteiger partial charge is 0.328 e. The van der Waals surface area contributed by atoms with Crippen molar-refractivity contribution in [3.63, 3.8) is 0 Å². The van der Waals surface area contributed by atoms with Crippen LogP contribution in [-0.2, 0) is 9.53 Å². The van der Waals surface area contributed by atoms with Gasteiger partial charge in [0.2, 0.25) is 0 Å². The summed E-state index contributed by atoms with van der Waals surface area (Å²) in [6.45, 7) is 3.80. The molecule has 0 fully saturated rings. The molecule has 7 nitrogen and oxygen atoms in total. The number of carbonyl (C=O) groups is 2. The number of benzene rings is 1. The first-order valence-electron chi connectivity index (χ1n) is 7.34. The molecule has 0 radical (unpaired) electrons. The Morgan fingerprint density at radius 1 is 1.17 bits per heavy atom. The molecule has 1 aromatic rings. The fourth-order valence-corrected chi connectivity index (χ4v) is 2.01. The third-order valence-electron chi connectivity index (χ3n) is 3.61. The molecule has 7 heteroatoms. The van der Waals surface area contributed by atoms with E-state index in [1.807, 2.05) is 13.8 Å². The maximum absolute atomic E-state index is 12.2. The third-order valence-corrected chi connectivity index (χ3v) is 3.61. The van der Waals surface area contributed by atoms with Gasteiger partial charge in [0, 0.05) is 6.07 Å². The molecule has 0 heterocycles. The molecule has 2 atom stereocenters. The minimum Gasteiger partial charge on any atom is -0.497 e. The number of hydrogen-bond acceptors (Lipinski definition) is 5. The fraction of sp³-hybridized carbons (Fsp3) is 0.500. The molecular weight excluding hydrogens is 300 g/mol. The Balaban J connectivity index is 2.87. The standard InChI is InChI=1S/C16H24N2O5/c1-6-10(2)14(15(19)23-5)18-16(20)17-12-9-11(21-3)7-8-13(12)22-4/h7-10,14H,6H2,1-5H3,(H2,17,18,20)/t10-,14-/m1/s1. The van der Waals surface area contributed by atoms with Crippen molar-refractivity contribution >= 4 is 17.7 Å². The van der Waals surface area contributed by atoms with Gasteiger partial charge in [0.05, 0.1) is 27.0 Å². The summed E-state index contributed by atoms with van der Waals surface area (Å²) in [5.41, 5.74) is 0.442. The van der Waals surface area contributed by atoms with E-state index in [-0.39, 0.29) is 5.92 Å². The van der Waals surface area contributed by atoms with Crippen LogP contribution in [0.5, 0.6) is 11.5 Å². The number of nitrogens with one attached hydrogen (secondary N) is 2. The predicted molar refractivity (Wildman–Crippen MR) is 87.0 cm³/mol. The van der Waals surface area contributed by atoms with Crippen LogP contribution in [0.4, 0.5) is 10.5 Å². The Bertz CT molecular complexity index is 547. The lowest BCUT2D eigenvalue weighted by Gasteiger charge is -2.22. The minimum atomic E-state index is -0.721. The Labute approximate surface area is 136 Å². The Morgan fingerprint density at radius 3 is 2.39 bits per heavy atom. The van der Waals surface area contributed by atoms with Crippen molar-refractivity contribution in [1.82, 2.24) is 5.32 Å². The highest BCUT2D eigenvalue weighted by molar-refractivity contribution is 5.94. The molecule has 0 saturated carbocycles. The quantitative estimate of drug-likeness (QED) is 0.752. The summed E-state index contributed by atoms with van der Waals surface area (Å²) >= 11 is 0. The van der Waals surface area contributed by atoms with Crippen LogP contribution in [-0.4, -0.2) is 39.4 Å². The van der Waals surface area contributed by atoms with Gasteiger partial charge in [0.15, 0.2) is 0 Å². The van der Waals surface area contributed by atoms with Crippen molar-refractivity contribution in [2.75, 3.05) is 26.6 Å². The molecule has 0 spiro atoms. The molecule has 0 unspecified atom stereocenters. The number of esters is 1. The van der Waals surface area contributed by atoms with E-state index in [9.17, 15) is 9.59 Å². The summed E-state index contributed by atoms with van der Waals surface area (Å²) in [4.78, 5) is 24.0. The molecule has 2 N–H and O–H groups in total. The van der Waals surface area contributed by atoms with E-state index >= 15 is 0 Å². The van der Waals surface area contributed by atoms with Crippen LogP contribution in [0.25, 0.3) is 0 Å². The first-order valence-corrected chi connectivity index (χ1v) is 7.34. The SMILES string of the molecule is CC[C@@H](C)[C@@H](NC(=O)Nc1cc(OC)ccc1OC)C(=O)OC. The van der Waals surface area contributed by atoms with Gasteiger partial charge in [-0.1, -0.05) is 20.3 Å². The number of ether oxygens (including phenoxy) is 3. The van der Waals surface area contributed by atoms with Crippen LogP contribution in [0.1, 0.15) is 20.3 Å². The van der Waals surface area contributed by atoms with Crippen molar-refractivity contribution in [1.29, 1.82) is 0 Å². The zero-order chi connectivity index (χ0) is 17.4. The number of hydrogen-bond donors (Lipinski definition) is 2. The zero-order valence-corrected chi connectivity index (χ0v) is 14.1. The Hall–Kier alpha value is -2.44. The summed E-state index contributed by atoms with van der Waals surface area (Å²) in [7, 11) is 4.32. The minimum absolute atomic E-state index is 0.0552. The van der Waals surface area contributed by atoms with Crippen molar-refractivity contribution in [3.05, 3.63) is 18.2 Å². The number of amides is 2. The Kier molecular flexibility index (Phi) is 7.18. The molecule has 0 aliphatic rings. The molecule has 0 bridgehead atoms. The van der Waals surface area contributed by atoms with E-state index in [0.717, 1.165) is 6.42 Å². The van der Waals surface area contributed by atoms with Gasteiger partial charge in [-0.25, -0.2) is 9.59 Å². The number of anilines is 1. The van der Waals surface area contributed by atoms with E-state index in [1.54, 1.807) is 18.2 Å². The first-order chi connectivity index (χ1) is 11.0. The number of rotatable bonds is 7. The van der Waals surface area contributed by atoms with Gasteiger partial charge in [0.1, 0.15) is 17.5 Å². The van der Waals surface area contributed by atoms with E-state index in [2.05, 4.69) is 10.6 Å². The molecule has 0 aliphatic heterocycles. The van der Waals surface area contributed by atoms with Gasteiger partial charge >= 0.3 is 12.0 Å². The maximum atomic E-state index is 12.2. The molecule has 2 amide bonds. The predicted octanol–water partition coefficient (Wildman–Crippen LogP) is 2.41. The molecule has 1 aromatic carbocycles. The lowest BCUT2D eigenvalue weighted by atomic mass is 9.99. The summed E-state index contributed by atoms with van der Waals surface area (Å²) in [6, 6.07) is 3.79. The van der Waals surface area contributed by atoms with Crippen molar-refractivity contribution in [2.24, 2.45) is 5.92 Å². The van der Waals surface area contributed by atoms with Gasteiger partial charge in [-0.2, -0.15) is 0 Å². The highest BCUT2D eigenvalue weighted by atomic mass is 16.5. The van der Waals surface area contributed by atoms with Crippen LogP contribution < -0.4 is 20.1 Å². The van der Waals surface area contributed by atoms with E-state index < -0.39 is 18.0 Å².